The first-order valence-electron chi connectivity index (χ1n) is 3.29. The molecular weight excluding hydrogens is 536 g/mol. The summed E-state index contributed by atoms with van der Waals surface area (Å²) in [6.45, 7) is 0. The maximum Gasteiger partial charge on any atom is 4.00 e. The smallest absolute Gasteiger partial charge is 0.356 e. The normalized spacial score (nSPS) is 5.54. The van der Waals surface area contributed by atoms with Gasteiger partial charge in [0.05, 0.1) is 30.5 Å². The summed E-state index contributed by atoms with van der Waals surface area (Å²) < 4.78 is 0. The molecule has 26 heteroatoms. The summed E-state index contributed by atoms with van der Waals surface area (Å²) in [6, 6.07) is 0. The first kappa shape index (κ1) is 49.5. The number of hydrogen-bond acceptors (Lipinski definition) is 18. The second-order valence-corrected chi connectivity index (χ2v) is 1.34. The number of hydrogen-bond donors (Lipinski definition) is 0. The third-order valence-electron chi connectivity index (χ3n) is 0. The van der Waals surface area contributed by atoms with E-state index in [1.165, 1.54) is 0 Å². The monoisotopic (exact) mass is 536 g/mol. The molecule has 0 N–H and O–H groups in total. The van der Waals surface area contributed by atoms with Gasteiger partial charge < -0.3 is 91.9 Å². The Morgan fingerprint density at radius 2 is 0.308 bits per heavy atom. The Bertz CT molecular complexity index is 263. The van der Waals surface area contributed by atoms with Crippen molar-refractivity contribution in [3.8, 4) is 0 Å². The SMILES string of the molecule is O=[N+]([O-])[O-].O=[N+]([O-])[O-].O=[N+]([O-])[O-].O=[N+]([O-])[O-].O=[N+]([O-])[O-].O=[N+]([O-])[O-].[Ce+4].[Mg+2]. The van der Waals surface area contributed by atoms with E-state index in [2.05, 4.69) is 0 Å². The first-order valence-corrected chi connectivity index (χ1v) is 3.29. The number of rotatable bonds is 0. The molecule has 0 rings (SSSR count). The summed E-state index contributed by atoms with van der Waals surface area (Å²) in [6.07, 6.45) is 0. The van der Waals surface area contributed by atoms with Gasteiger partial charge in [0.2, 0.25) is 0 Å². The van der Waals surface area contributed by atoms with Crippen LogP contribution >= 0.6 is 0 Å². The predicted octanol–water partition coefficient (Wildman–Crippen LogP) is -1.82. The Morgan fingerprint density at radius 1 is 0.308 bits per heavy atom. The molecule has 0 aromatic carbocycles. The first-order chi connectivity index (χ1) is 10.4. The molecule has 0 atom stereocenters. The van der Waals surface area contributed by atoms with Gasteiger partial charge in [0, 0.05) is 0 Å². The molecule has 24 nitrogen and oxygen atoms in total. The van der Waals surface area contributed by atoms with Crippen molar-refractivity contribution < 1.29 is 72.3 Å². The molecule has 0 bridgehead atoms. The van der Waals surface area contributed by atoms with Crippen LogP contribution in [-0.2, 0) is 0 Å². The van der Waals surface area contributed by atoms with Crippen LogP contribution in [-0.4, -0.2) is 53.6 Å². The van der Waals surface area contributed by atoms with Crippen LogP contribution < -0.4 is 0 Å². The van der Waals surface area contributed by atoms with Gasteiger partial charge in [-0.05, 0) is 0 Å². The van der Waals surface area contributed by atoms with Gasteiger partial charge in [0.15, 0.2) is 0 Å². The zero-order chi connectivity index (χ0) is 21.5. The van der Waals surface area contributed by atoms with Crippen LogP contribution in [0.1, 0.15) is 0 Å². The van der Waals surface area contributed by atoms with E-state index in [9.17, 15) is 0 Å². The molecule has 0 radical (unpaired) electrons. The largest absolute Gasteiger partial charge is 4.00 e. The molecular formula is CeMgN6O18. The molecule has 0 aliphatic carbocycles. The molecule has 0 heterocycles. The standard InChI is InChI=1S/Ce.Mg.6NO3/c;;6*2-1(3)4/q+4;+2;6*-1. The number of nitrogens with zero attached hydrogens (tertiary/aromatic N) is 6. The summed E-state index contributed by atoms with van der Waals surface area (Å²) in [5.74, 6) is 0. The molecule has 0 aromatic heterocycles. The van der Waals surface area contributed by atoms with Crippen molar-refractivity contribution in [3.05, 3.63) is 91.9 Å². The molecule has 0 amide bonds. The maximum atomic E-state index is 8.25. The van der Waals surface area contributed by atoms with Crippen LogP contribution in [0.5, 0.6) is 0 Å². The van der Waals surface area contributed by atoms with Gasteiger partial charge in [-0.15, -0.1) is 0 Å². The van der Waals surface area contributed by atoms with Gasteiger partial charge >= 0.3 is 64.8 Å². The minimum Gasteiger partial charge on any atom is -0.356 e. The summed E-state index contributed by atoms with van der Waals surface area (Å²) in [5.41, 5.74) is 0. The van der Waals surface area contributed by atoms with Crippen molar-refractivity contribution in [2.45, 2.75) is 0 Å². The average Bonchev–Trinajstić information content (AvgIpc) is 2.08. The van der Waals surface area contributed by atoms with Gasteiger partial charge in [-0.2, -0.15) is 0 Å². The summed E-state index contributed by atoms with van der Waals surface area (Å²) in [4.78, 5) is 49.5. The summed E-state index contributed by atoms with van der Waals surface area (Å²) in [7, 11) is 0. The van der Waals surface area contributed by atoms with Gasteiger partial charge in [0.25, 0.3) is 0 Å². The second kappa shape index (κ2) is 43.2. The third-order valence-corrected chi connectivity index (χ3v) is 0. The van der Waals surface area contributed by atoms with Gasteiger partial charge in [-0.3, -0.25) is 0 Å². The quantitative estimate of drug-likeness (QED) is 0.187. The minimum atomic E-state index is -1.75. The Kier molecular flexibility index (Phi) is 82.3. The molecule has 0 aliphatic rings. The molecule has 0 saturated carbocycles. The van der Waals surface area contributed by atoms with E-state index >= 15 is 0 Å². The molecule has 26 heavy (non-hydrogen) atoms. The van der Waals surface area contributed by atoms with Crippen LogP contribution in [0.4, 0.5) is 0 Å². The molecule has 144 valence electrons. The van der Waals surface area contributed by atoms with Crippen molar-refractivity contribution in [1.82, 2.24) is 0 Å². The Labute approximate surface area is 186 Å². The van der Waals surface area contributed by atoms with Crippen LogP contribution in [0.3, 0.4) is 0 Å². The second-order valence-electron chi connectivity index (χ2n) is 1.34. The summed E-state index contributed by atoms with van der Waals surface area (Å²) in [5, 5.41) is 88.5. The van der Waals surface area contributed by atoms with E-state index < -0.39 is 30.5 Å². The Balaban J connectivity index is -0.0000000245. The Morgan fingerprint density at radius 3 is 0.308 bits per heavy atom. The van der Waals surface area contributed by atoms with Crippen LogP contribution in [0, 0.1) is 134 Å². The maximum absolute atomic E-state index is 8.25. The van der Waals surface area contributed by atoms with E-state index in [1.54, 1.807) is 0 Å². The molecule has 0 spiro atoms. The fourth-order valence-electron chi connectivity index (χ4n) is 0. The van der Waals surface area contributed by atoms with E-state index in [0.29, 0.717) is 0 Å². The van der Waals surface area contributed by atoms with E-state index in [0.717, 1.165) is 0 Å². The molecule has 0 aliphatic heterocycles. The third kappa shape index (κ3) is 1250. The Hall–Kier alpha value is -2.66. The zero-order valence-corrected chi connectivity index (χ0v) is 15.8. The van der Waals surface area contributed by atoms with Crippen molar-refractivity contribution in [1.29, 1.82) is 0 Å². The van der Waals surface area contributed by atoms with E-state index in [4.69, 9.17) is 91.9 Å². The van der Waals surface area contributed by atoms with Crippen LogP contribution in [0.25, 0.3) is 0 Å². The van der Waals surface area contributed by atoms with Crippen molar-refractivity contribution in [2.24, 2.45) is 0 Å². The van der Waals surface area contributed by atoms with Gasteiger partial charge in [-0.25, -0.2) is 0 Å². The fourth-order valence-corrected chi connectivity index (χ4v) is 0. The van der Waals surface area contributed by atoms with Gasteiger partial charge in [-0.1, -0.05) is 0 Å². The van der Waals surface area contributed by atoms with Gasteiger partial charge in [0.1, 0.15) is 0 Å². The van der Waals surface area contributed by atoms with Crippen LogP contribution in [0.2, 0.25) is 0 Å². The predicted molar refractivity (Wildman–Crippen MR) is 67.9 cm³/mol. The fraction of sp³-hybridized carbons (Fsp3) is 0. The van der Waals surface area contributed by atoms with Crippen molar-refractivity contribution in [3.63, 3.8) is 0 Å². The summed E-state index contributed by atoms with van der Waals surface area (Å²) >= 11 is 0. The molecule has 0 unspecified atom stereocenters. The zero-order valence-electron chi connectivity index (χ0n) is 11.2. The van der Waals surface area contributed by atoms with Crippen molar-refractivity contribution in [2.75, 3.05) is 0 Å². The average molecular weight is 536 g/mol. The minimum absolute atomic E-state index is 0. The molecule has 0 saturated heterocycles. The van der Waals surface area contributed by atoms with E-state index in [1.807, 2.05) is 0 Å². The topological polar surface area (TPSA) is 397 Å². The van der Waals surface area contributed by atoms with Crippen LogP contribution in [0.15, 0.2) is 0 Å². The van der Waals surface area contributed by atoms with Crippen molar-refractivity contribution >= 4 is 23.1 Å². The molecule has 0 fully saturated rings. The molecule has 0 aromatic rings. The van der Waals surface area contributed by atoms with E-state index in [-0.39, 0.29) is 64.8 Å².